The maximum absolute atomic E-state index is 12.0. The van der Waals surface area contributed by atoms with Crippen molar-refractivity contribution >= 4 is 5.91 Å². The van der Waals surface area contributed by atoms with Crippen LogP contribution in [0, 0.1) is 0 Å². The van der Waals surface area contributed by atoms with Crippen molar-refractivity contribution in [1.29, 1.82) is 0 Å². The van der Waals surface area contributed by atoms with Crippen molar-refractivity contribution in [2.45, 2.75) is 18.9 Å². The molecule has 0 radical (unpaired) electrons. The zero-order chi connectivity index (χ0) is 13.2. The molecule has 96 valence electrons. The molecule has 19 heavy (non-hydrogen) atoms. The Bertz CT molecular complexity index is 672. The average Bonchev–Trinajstić information content (AvgIpc) is 3.23. The molecule has 2 N–H and O–H groups in total. The van der Waals surface area contributed by atoms with Gasteiger partial charge in [-0.3, -0.25) is 9.59 Å². The molecule has 1 heterocycles. The van der Waals surface area contributed by atoms with E-state index in [0.29, 0.717) is 11.6 Å². The Morgan fingerprint density at radius 3 is 2.68 bits per heavy atom. The van der Waals surface area contributed by atoms with Gasteiger partial charge in [-0.15, -0.1) is 0 Å². The molecule has 1 aliphatic rings. The molecule has 3 rings (SSSR count). The summed E-state index contributed by atoms with van der Waals surface area (Å²) in [5.41, 5.74) is 2.16. The van der Waals surface area contributed by atoms with Crippen LogP contribution in [0.5, 0.6) is 0 Å². The number of carbonyl (C=O) groups excluding carboxylic acids is 1. The number of carbonyl (C=O) groups is 1. The summed E-state index contributed by atoms with van der Waals surface area (Å²) < 4.78 is 0. The number of aromatic nitrogens is 1. The Labute approximate surface area is 110 Å². The highest BCUT2D eigenvalue weighted by Crippen LogP contribution is 2.21. The third-order valence-electron chi connectivity index (χ3n) is 3.15. The molecule has 0 bridgehead atoms. The summed E-state index contributed by atoms with van der Waals surface area (Å²) in [6.45, 7) is 0. The lowest BCUT2D eigenvalue weighted by atomic mass is 10.0. The van der Waals surface area contributed by atoms with Gasteiger partial charge >= 0.3 is 0 Å². The van der Waals surface area contributed by atoms with E-state index in [-0.39, 0.29) is 11.5 Å². The Balaban J connectivity index is 1.90. The normalized spacial score (nSPS) is 14.1. The van der Waals surface area contributed by atoms with E-state index >= 15 is 0 Å². The number of H-pyrrole nitrogens is 1. The minimum absolute atomic E-state index is 0.0470. The van der Waals surface area contributed by atoms with Gasteiger partial charge in [0.1, 0.15) is 0 Å². The molecule has 4 nitrogen and oxygen atoms in total. The Morgan fingerprint density at radius 2 is 1.95 bits per heavy atom. The lowest BCUT2D eigenvalue weighted by Crippen LogP contribution is -2.25. The largest absolute Gasteiger partial charge is 0.349 e. The number of nitrogens with one attached hydrogen (secondary N) is 2. The first kappa shape index (κ1) is 11.7. The minimum atomic E-state index is -0.148. The van der Waals surface area contributed by atoms with E-state index in [4.69, 9.17) is 0 Å². The Morgan fingerprint density at radius 1 is 1.16 bits per heavy atom. The van der Waals surface area contributed by atoms with Gasteiger partial charge in [0.25, 0.3) is 5.91 Å². The van der Waals surface area contributed by atoms with Gasteiger partial charge in [-0.1, -0.05) is 12.1 Å². The molecule has 0 aliphatic heterocycles. The monoisotopic (exact) mass is 254 g/mol. The summed E-state index contributed by atoms with van der Waals surface area (Å²) >= 11 is 0. The topological polar surface area (TPSA) is 62.0 Å². The van der Waals surface area contributed by atoms with Gasteiger partial charge in [0, 0.05) is 23.9 Å². The molecule has 0 atom stereocenters. The van der Waals surface area contributed by atoms with Gasteiger partial charge < -0.3 is 10.3 Å². The molecule has 1 aliphatic carbocycles. The van der Waals surface area contributed by atoms with Gasteiger partial charge in [-0.25, -0.2) is 0 Å². The van der Waals surface area contributed by atoms with Crippen LogP contribution in [0.4, 0.5) is 0 Å². The number of benzene rings is 1. The SMILES string of the molecule is O=C(NC1CC1)c1cccc(-c2cc[nH]c(=O)c2)c1. The van der Waals surface area contributed by atoms with E-state index < -0.39 is 0 Å². The molecule has 0 spiro atoms. The molecular weight excluding hydrogens is 240 g/mol. The van der Waals surface area contributed by atoms with Crippen molar-refractivity contribution in [3.05, 3.63) is 58.5 Å². The van der Waals surface area contributed by atoms with Crippen LogP contribution in [0.2, 0.25) is 0 Å². The lowest BCUT2D eigenvalue weighted by molar-refractivity contribution is 0.0951. The van der Waals surface area contributed by atoms with E-state index in [2.05, 4.69) is 10.3 Å². The molecule has 1 aromatic carbocycles. The summed E-state index contributed by atoms with van der Waals surface area (Å²) in [5, 5.41) is 2.95. The highest BCUT2D eigenvalue weighted by Gasteiger charge is 2.23. The van der Waals surface area contributed by atoms with Crippen molar-refractivity contribution in [3.63, 3.8) is 0 Å². The van der Waals surface area contributed by atoms with Crippen LogP contribution >= 0.6 is 0 Å². The number of hydrogen-bond donors (Lipinski definition) is 2. The van der Waals surface area contributed by atoms with Gasteiger partial charge in [0.2, 0.25) is 5.56 Å². The zero-order valence-electron chi connectivity index (χ0n) is 10.3. The van der Waals surface area contributed by atoms with Crippen LogP contribution in [-0.4, -0.2) is 16.9 Å². The summed E-state index contributed by atoms with van der Waals surface area (Å²) in [5.74, 6) is -0.0470. The van der Waals surface area contributed by atoms with E-state index in [0.717, 1.165) is 24.0 Å². The standard InChI is InChI=1S/C15H14N2O2/c18-14-9-11(6-7-16-14)10-2-1-3-12(8-10)15(19)17-13-4-5-13/h1-3,6-9,13H,4-5H2,(H,16,18)(H,17,19). The fourth-order valence-corrected chi connectivity index (χ4v) is 1.96. The first-order valence-electron chi connectivity index (χ1n) is 6.32. The van der Waals surface area contributed by atoms with Crippen molar-refractivity contribution in [1.82, 2.24) is 10.3 Å². The second kappa shape index (κ2) is 4.72. The third-order valence-corrected chi connectivity index (χ3v) is 3.15. The van der Waals surface area contributed by atoms with Gasteiger partial charge in [-0.05, 0) is 42.2 Å². The molecule has 1 aromatic heterocycles. The zero-order valence-corrected chi connectivity index (χ0v) is 10.3. The van der Waals surface area contributed by atoms with E-state index in [1.165, 1.54) is 6.07 Å². The highest BCUT2D eigenvalue weighted by molar-refractivity contribution is 5.95. The number of amides is 1. The van der Waals surface area contributed by atoms with Crippen LogP contribution in [0.3, 0.4) is 0 Å². The third kappa shape index (κ3) is 2.73. The molecule has 1 amide bonds. The van der Waals surface area contributed by atoms with Crippen LogP contribution in [-0.2, 0) is 0 Å². The number of hydrogen-bond acceptors (Lipinski definition) is 2. The molecule has 0 unspecified atom stereocenters. The van der Waals surface area contributed by atoms with Gasteiger partial charge in [-0.2, -0.15) is 0 Å². The van der Waals surface area contributed by atoms with Gasteiger partial charge in [0.15, 0.2) is 0 Å². The van der Waals surface area contributed by atoms with Crippen molar-refractivity contribution < 1.29 is 4.79 Å². The number of rotatable bonds is 3. The summed E-state index contributed by atoms with van der Waals surface area (Å²) in [6.07, 6.45) is 3.74. The lowest BCUT2D eigenvalue weighted by Gasteiger charge is -2.06. The summed E-state index contributed by atoms with van der Waals surface area (Å²) in [4.78, 5) is 25.8. The quantitative estimate of drug-likeness (QED) is 0.879. The van der Waals surface area contributed by atoms with Crippen molar-refractivity contribution in [2.24, 2.45) is 0 Å². The molecule has 1 fully saturated rings. The fourth-order valence-electron chi connectivity index (χ4n) is 1.96. The predicted octanol–water partition coefficient (Wildman–Crippen LogP) is 1.93. The fraction of sp³-hybridized carbons (Fsp3) is 0.200. The second-order valence-corrected chi connectivity index (χ2v) is 4.77. The van der Waals surface area contributed by atoms with Crippen LogP contribution in [0.1, 0.15) is 23.2 Å². The predicted molar refractivity (Wildman–Crippen MR) is 73.0 cm³/mol. The smallest absolute Gasteiger partial charge is 0.251 e. The first-order chi connectivity index (χ1) is 9.22. The van der Waals surface area contributed by atoms with E-state index in [1.54, 1.807) is 12.3 Å². The Hall–Kier alpha value is -2.36. The van der Waals surface area contributed by atoms with Crippen LogP contribution in [0.25, 0.3) is 11.1 Å². The van der Waals surface area contributed by atoms with Crippen molar-refractivity contribution in [3.8, 4) is 11.1 Å². The Kier molecular flexibility index (Phi) is 2.91. The van der Waals surface area contributed by atoms with Crippen molar-refractivity contribution in [2.75, 3.05) is 0 Å². The molecular formula is C15H14N2O2. The van der Waals surface area contributed by atoms with E-state index in [9.17, 15) is 9.59 Å². The van der Waals surface area contributed by atoms with Crippen LogP contribution < -0.4 is 10.9 Å². The minimum Gasteiger partial charge on any atom is -0.349 e. The maximum Gasteiger partial charge on any atom is 0.251 e. The second-order valence-electron chi connectivity index (χ2n) is 4.77. The maximum atomic E-state index is 12.0. The molecule has 4 heteroatoms. The number of pyridine rings is 1. The highest BCUT2D eigenvalue weighted by atomic mass is 16.1. The summed E-state index contributed by atoms with van der Waals surface area (Å²) in [6, 6.07) is 11.0. The van der Waals surface area contributed by atoms with Crippen LogP contribution in [0.15, 0.2) is 47.4 Å². The molecule has 2 aromatic rings. The summed E-state index contributed by atoms with van der Waals surface area (Å²) in [7, 11) is 0. The first-order valence-corrected chi connectivity index (χ1v) is 6.32. The van der Waals surface area contributed by atoms with E-state index in [1.807, 2.05) is 24.3 Å². The number of aromatic amines is 1. The molecule has 0 saturated heterocycles. The van der Waals surface area contributed by atoms with Gasteiger partial charge in [0.05, 0.1) is 0 Å². The average molecular weight is 254 g/mol. The molecule has 1 saturated carbocycles.